The van der Waals surface area contributed by atoms with E-state index in [1.165, 1.54) is 0 Å². The minimum atomic E-state index is 0.498. The lowest BCUT2D eigenvalue weighted by Gasteiger charge is -2.14. The molecule has 0 fully saturated rings. The number of benzene rings is 2. The zero-order valence-electron chi connectivity index (χ0n) is 14.7. The number of pyridine rings is 1. The fourth-order valence-electron chi connectivity index (χ4n) is 3.09. The van der Waals surface area contributed by atoms with Gasteiger partial charge in [-0.3, -0.25) is 4.57 Å². The van der Waals surface area contributed by atoms with Gasteiger partial charge >= 0.3 is 0 Å². The quantitative estimate of drug-likeness (QED) is 0.606. The molecule has 0 aliphatic carbocycles. The highest BCUT2D eigenvalue weighted by Crippen LogP contribution is 2.31. The third-order valence-corrected chi connectivity index (χ3v) is 4.40. The molecule has 0 aliphatic rings. The van der Waals surface area contributed by atoms with Crippen LogP contribution >= 0.6 is 0 Å². The number of nitrogen functional groups attached to an aromatic ring is 1. The van der Waals surface area contributed by atoms with Gasteiger partial charge in [-0.05, 0) is 31.5 Å². The van der Waals surface area contributed by atoms with Gasteiger partial charge in [0, 0.05) is 11.1 Å². The second-order valence-corrected chi connectivity index (χ2v) is 6.20. The van der Waals surface area contributed by atoms with Gasteiger partial charge in [-0.15, -0.1) is 10.2 Å². The van der Waals surface area contributed by atoms with Crippen LogP contribution in [0.1, 0.15) is 11.3 Å². The molecular formula is C21H19N5. The summed E-state index contributed by atoms with van der Waals surface area (Å²) in [6.45, 7) is 4.02. The van der Waals surface area contributed by atoms with Gasteiger partial charge in [0.1, 0.15) is 5.82 Å². The van der Waals surface area contributed by atoms with Crippen molar-refractivity contribution in [3.05, 3.63) is 78.0 Å². The molecule has 2 N–H and O–H groups in total. The van der Waals surface area contributed by atoms with Gasteiger partial charge in [0.25, 0.3) is 0 Å². The van der Waals surface area contributed by atoms with Gasteiger partial charge in [0.05, 0.1) is 11.4 Å². The Morgan fingerprint density at radius 2 is 1.46 bits per heavy atom. The first kappa shape index (κ1) is 16.0. The Kier molecular flexibility index (Phi) is 3.97. The fraction of sp³-hybridized carbons (Fsp3) is 0.0952. The summed E-state index contributed by atoms with van der Waals surface area (Å²) in [5.41, 5.74) is 10.8. The molecule has 0 aliphatic heterocycles. The molecule has 2 aromatic heterocycles. The van der Waals surface area contributed by atoms with Crippen molar-refractivity contribution in [3.8, 4) is 28.5 Å². The molecule has 0 saturated carbocycles. The van der Waals surface area contributed by atoms with Crippen LogP contribution in [0.15, 0.2) is 66.7 Å². The highest BCUT2D eigenvalue weighted by molar-refractivity contribution is 5.69. The normalized spacial score (nSPS) is 10.8. The maximum absolute atomic E-state index is 5.85. The van der Waals surface area contributed by atoms with Crippen LogP contribution in [0.5, 0.6) is 0 Å². The molecule has 2 aromatic carbocycles. The smallest absolute Gasteiger partial charge is 0.169 e. The van der Waals surface area contributed by atoms with E-state index >= 15 is 0 Å². The van der Waals surface area contributed by atoms with E-state index in [-0.39, 0.29) is 0 Å². The first-order valence-corrected chi connectivity index (χ1v) is 8.45. The van der Waals surface area contributed by atoms with Crippen LogP contribution in [0.3, 0.4) is 0 Å². The van der Waals surface area contributed by atoms with Gasteiger partial charge in [0.2, 0.25) is 0 Å². The number of anilines is 1. The average Bonchev–Trinajstić information content (AvgIpc) is 3.07. The zero-order valence-corrected chi connectivity index (χ0v) is 14.7. The third kappa shape index (κ3) is 2.73. The molecule has 0 amide bonds. The Morgan fingerprint density at radius 1 is 0.769 bits per heavy atom. The highest BCUT2D eigenvalue weighted by Gasteiger charge is 2.19. The number of aromatic nitrogens is 4. The van der Waals surface area contributed by atoms with Crippen LogP contribution in [0.25, 0.3) is 28.5 Å². The topological polar surface area (TPSA) is 69.6 Å². The molecule has 2 heterocycles. The van der Waals surface area contributed by atoms with Crippen LogP contribution in [-0.2, 0) is 0 Å². The summed E-state index contributed by atoms with van der Waals surface area (Å²) in [5.74, 6) is 2.06. The maximum Gasteiger partial charge on any atom is 0.169 e. The minimum absolute atomic E-state index is 0.498. The van der Waals surface area contributed by atoms with Crippen molar-refractivity contribution >= 4 is 5.82 Å². The van der Waals surface area contributed by atoms with Gasteiger partial charge in [0.15, 0.2) is 11.6 Å². The summed E-state index contributed by atoms with van der Waals surface area (Å²) >= 11 is 0. The number of hydrogen-bond acceptors (Lipinski definition) is 4. The van der Waals surface area contributed by atoms with Crippen molar-refractivity contribution < 1.29 is 0 Å². The third-order valence-electron chi connectivity index (χ3n) is 4.40. The number of nitrogens with zero attached hydrogens (tertiary/aromatic N) is 4. The van der Waals surface area contributed by atoms with Gasteiger partial charge < -0.3 is 5.73 Å². The van der Waals surface area contributed by atoms with Crippen molar-refractivity contribution in [1.82, 2.24) is 19.7 Å². The Morgan fingerprint density at radius 3 is 2.19 bits per heavy atom. The number of rotatable bonds is 3. The Balaban J connectivity index is 2.03. The predicted molar refractivity (Wildman–Crippen MR) is 104 cm³/mol. The van der Waals surface area contributed by atoms with E-state index in [4.69, 9.17) is 5.73 Å². The minimum Gasteiger partial charge on any atom is -0.384 e. The van der Waals surface area contributed by atoms with Crippen LogP contribution in [0, 0.1) is 13.8 Å². The van der Waals surface area contributed by atoms with Gasteiger partial charge in [-0.2, -0.15) is 0 Å². The molecule has 128 valence electrons. The fourth-order valence-corrected chi connectivity index (χ4v) is 3.09. The second kappa shape index (κ2) is 6.44. The molecule has 26 heavy (non-hydrogen) atoms. The van der Waals surface area contributed by atoms with E-state index in [1.807, 2.05) is 55.5 Å². The summed E-state index contributed by atoms with van der Waals surface area (Å²) in [4.78, 5) is 4.42. The van der Waals surface area contributed by atoms with E-state index in [9.17, 15) is 0 Å². The lowest BCUT2D eigenvalue weighted by molar-refractivity contribution is 1.02. The molecular weight excluding hydrogens is 322 g/mol. The van der Waals surface area contributed by atoms with Gasteiger partial charge in [-0.25, -0.2) is 4.98 Å². The second-order valence-electron chi connectivity index (χ2n) is 6.20. The summed E-state index contributed by atoms with van der Waals surface area (Å²) in [6.07, 6.45) is 0. The SMILES string of the molecule is Cc1ccccc1-c1nnc(-c2ccccc2)n1-c1ccc(N)nc1C. The lowest BCUT2D eigenvalue weighted by Crippen LogP contribution is -2.05. The molecule has 0 radical (unpaired) electrons. The van der Waals surface area contributed by atoms with Crippen molar-refractivity contribution in [2.75, 3.05) is 5.73 Å². The Bertz CT molecular complexity index is 1070. The first-order chi connectivity index (χ1) is 12.6. The molecule has 4 aromatic rings. The molecule has 0 spiro atoms. The monoisotopic (exact) mass is 341 g/mol. The summed E-state index contributed by atoms with van der Waals surface area (Å²) in [5, 5.41) is 9.02. The predicted octanol–water partition coefficient (Wildman–Crippen LogP) is 4.20. The first-order valence-electron chi connectivity index (χ1n) is 8.45. The lowest BCUT2D eigenvalue weighted by atomic mass is 10.1. The maximum atomic E-state index is 5.85. The average molecular weight is 341 g/mol. The molecule has 5 heteroatoms. The number of nitrogens with two attached hydrogens (primary N) is 1. The highest BCUT2D eigenvalue weighted by atomic mass is 15.3. The van der Waals surface area contributed by atoms with Crippen molar-refractivity contribution in [2.24, 2.45) is 0 Å². The molecule has 0 atom stereocenters. The Labute approximate surface area is 152 Å². The largest absolute Gasteiger partial charge is 0.384 e. The summed E-state index contributed by atoms with van der Waals surface area (Å²) in [7, 11) is 0. The molecule has 0 saturated heterocycles. The van der Waals surface area contributed by atoms with E-state index in [0.29, 0.717) is 5.82 Å². The molecule has 0 unspecified atom stereocenters. The summed E-state index contributed by atoms with van der Waals surface area (Å²) in [6, 6.07) is 22.0. The van der Waals surface area contributed by atoms with Crippen LogP contribution in [0.4, 0.5) is 5.82 Å². The zero-order chi connectivity index (χ0) is 18.1. The Hall–Kier alpha value is -3.47. The van der Waals surface area contributed by atoms with Crippen molar-refractivity contribution in [2.45, 2.75) is 13.8 Å². The molecule has 4 rings (SSSR count). The van der Waals surface area contributed by atoms with E-state index in [0.717, 1.165) is 39.7 Å². The van der Waals surface area contributed by atoms with Crippen molar-refractivity contribution in [1.29, 1.82) is 0 Å². The van der Waals surface area contributed by atoms with E-state index < -0.39 is 0 Å². The molecule has 0 bridgehead atoms. The van der Waals surface area contributed by atoms with Crippen LogP contribution < -0.4 is 5.73 Å². The van der Waals surface area contributed by atoms with Crippen molar-refractivity contribution in [3.63, 3.8) is 0 Å². The number of aryl methyl sites for hydroxylation is 2. The van der Waals surface area contributed by atoms with E-state index in [2.05, 4.69) is 38.8 Å². The molecule has 5 nitrogen and oxygen atoms in total. The summed E-state index contributed by atoms with van der Waals surface area (Å²) < 4.78 is 2.05. The van der Waals surface area contributed by atoms with Crippen LogP contribution in [0.2, 0.25) is 0 Å². The van der Waals surface area contributed by atoms with Gasteiger partial charge in [-0.1, -0.05) is 54.6 Å². The number of hydrogen-bond donors (Lipinski definition) is 1. The van der Waals surface area contributed by atoms with Crippen LogP contribution in [-0.4, -0.2) is 19.7 Å². The standard InChI is InChI=1S/C21H19N5/c1-14-8-6-7-11-17(14)21-25-24-20(16-9-4-3-5-10-16)26(21)18-12-13-19(22)23-15(18)2/h3-13H,1-2H3,(H2,22,23). The van der Waals surface area contributed by atoms with E-state index in [1.54, 1.807) is 6.07 Å².